The van der Waals surface area contributed by atoms with Crippen LogP contribution in [0.4, 0.5) is 0 Å². The number of esters is 1. The van der Waals surface area contributed by atoms with Gasteiger partial charge in [-0.3, -0.25) is 4.79 Å². The number of aryl methyl sites for hydroxylation is 2. The number of halogens is 1. The highest BCUT2D eigenvalue weighted by Crippen LogP contribution is 2.19. The fourth-order valence-corrected chi connectivity index (χ4v) is 3.07. The van der Waals surface area contributed by atoms with Crippen molar-refractivity contribution in [1.29, 1.82) is 0 Å². The molecule has 0 aliphatic heterocycles. The summed E-state index contributed by atoms with van der Waals surface area (Å²) >= 11 is 7.18. The van der Waals surface area contributed by atoms with E-state index in [1.165, 1.54) is 11.3 Å². The Kier molecular flexibility index (Phi) is 5.74. The summed E-state index contributed by atoms with van der Waals surface area (Å²) in [5.74, 6) is -0.900. The monoisotopic (exact) mass is 352 g/mol. The van der Waals surface area contributed by atoms with E-state index in [-0.39, 0.29) is 18.6 Å². The van der Waals surface area contributed by atoms with Gasteiger partial charge in [0.15, 0.2) is 6.61 Å². The van der Waals surface area contributed by atoms with Crippen molar-refractivity contribution >= 4 is 34.8 Å². The molecule has 0 fully saturated rings. The van der Waals surface area contributed by atoms with Crippen LogP contribution in [-0.4, -0.2) is 23.5 Å². The van der Waals surface area contributed by atoms with Crippen LogP contribution in [0, 0.1) is 13.8 Å². The first-order valence-corrected chi connectivity index (χ1v) is 8.22. The SMILES string of the molecule is Cc1nc(C)c(C(=O)OCC(=O)NC(C)c2cccc(Cl)c2)s1. The highest BCUT2D eigenvalue weighted by Gasteiger charge is 2.17. The number of aromatic nitrogens is 1. The summed E-state index contributed by atoms with van der Waals surface area (Å²) in [4.78, 5) is 28.4. The molecule has 2 aromatic rings. The molecule has 1 aromatic carbocycles. The molecule has 0 saturated heterocycles. The Hall–Kier alpha value is -1.92. The summed E-state index contributed by atoms with van der Waals surface area (Å²) in [5, 5.41) is 4.15. The van der Waals surface area contributed by atoms with Crippen molar-refractivity contribution in [3.8, 4) is 0 Å². The number of amides is 1. The van der Waals surface area contributed by atoms with E-state index < -0.39 is 5.97 Å². The van der Waals surface area contributed by atoms with E-state index in [0.29, 0.717) is 15.6 Å². The Morgan fingerprint density at radius 2 is 2.13 bits per heavy atom. The van der Waals surface area contributed by atoms with Crippen molar-refractivity contribution in [3.63, 3.8) is 0 Å². The van der Waals surface area contributed by atoms with Gasteiger partial charge in [-0.15, -0.1) is 11.3 Å². The zero-order valence-corrected chi connectivity index (χ0v) is 14.6. The minimum atomic E-state index is -0.529. The zero-order valence-electron chi connectivity index (χ0n) is 13.1. The van der Waals surface area contributed by atoms with Crippen LogP contribution in [0.25, 0.3) is 0 Å². The fraction of sp³-hybridized carbons (Fsp3) is 0.312. The molecule has 5 nitrogen and oxygen atoms in total. The number of carbonyl (C=O) groups is 2. The minimum Gasteiger partial charge on any atom is -0.451 e. The van der Waals surface area contributed by atoms with Gasteiger partial charge in [-0.2, -0.15) is 0 Å². The third-order valence-electron chi connectivity index (χ3n) is 3.15. The average molecular weight is 353 g/mol. The van der Waals surface area contributed by atoms with Gasteiger partial charge in [0.25, 0.3) is 5.91 Å². The van der Waals surface area contributed by atoms with Gasteiger partial charge in [-0.1, -0.05) is 23.7 Å². The highest BCUT2D eigenvalue weighted by atomic mass is 35.5. The van der Waals surface area contributed by atoms with Gasteiger partial charge >= 0.3 is 5.97 Å². The van der Waals surface area contributed by atoms with Crippen molar-refractivity contribution in [3.05, 3.63) is 50.4 Å². The molecule has 1 N–H and O–H groups in total. The van der Waals surface area contributed by atoms with Crippen molar-refractivity contribution in [2.24, 2.45) is 0 Å². The highest BCUT2D eigenvalue weighted by molar-refractivity contribution is 7.13. The molecule has 1 atom stereocenters. The summed E-state index contributed by atoms with van der Waals surface area (Å²) in [5.41, 5.74) is 1.50. The maximum atomic E-state index is 11.9. The van der Waals surface area contributed by atoms with Gasteiger partial charge in [0.2, 0.25) is 0 Å². The third kappa shape index (κ3) is 4.77. The molecule has 122 valence electrons. The Bertz CT molecular complexity index is 730. The molecule has 2 rings (SSSR count). The lowest BCUT2D eigenvalue weighted by atomic mass is 10.1. The molecule has 1 unspecified atom stereocenters. The Balaban J connectivity index is 1.87. The molecular weight excluding hydrogens is 336 g/mol. The number of hydrogen-bond acceptors (Lipinski definition) is 5. The Morgan fingerprint density at radius 1 is 1.39 bits per heavy atom. The lowest BCUT2D eigenvalue weighted by molar-refractivity contribution is -0.124. The number of nitrogens with one attached hydrogen (secondary N) is 1. The second kappa shape index (κ2) is 7.57. The van der Waals surface area contributed by atoms with Gasteiger partial charge < -0.3 is 10.1 Å². The topological polar surface area (TPSA) is 68.3 Å². The molecule has 1 heterocycles. The average Bonchev–Trinajstić information content (AvgIpc) is 2.83. The van der Waals surface area contributed by atoms with E-state index in [2.05, 4.69) is 10.3 Å². The molecule has 0 radical (unpaired) electrons. The quantitative estimate of drug-likeness (QED) is 0.837. The second-order valence-corrected chi connectivity index (χ2v) is 6.71. The van der Waals surface area contributed by atoms with Crippen LogP contribution in [0.2, 0.25) is 5.02 Å². The van der Waals surface area contributed by atoms with Gasteiger partial charge in [0, 0.05) is 5.02 Å². The zero-order chi connectivity index (χ0) is 17.0. The fourth-order valence-electron chi connectivity index (χ4n) is 2.06. The van der Waals surface area contributed by atoms with Gasteiger partial charge in [-0.05, 0) is 38.5 Å². The molecule has 1 aromatic heterocycles. The maximum absolute atomic E-state index is 11.9. The van der Waals surface area contributed by atoms with Gasteiger partial charge in [0.05, 0.1) is 16.7 Å². The Labute approximate surface area is 143 Å². The number of carbonyl (C=O) groups excluding carboxylic acids is 2. The number of benzene rings is 1. The predicted octanol–water partition coefficient (Wildman–Crippen LogP) is 3.45. The van der Waals surface area contributed by atoms with Crippen LogP contribution >= 0.6 is 22.9 Å². The van der Waals surface area contributed by atoms with Crippen molar-refractivity contribution in [2.45, 2.75) is 26.8 Å². The van der Waals surface area contributed by atoms with E-state index in [4.69, 9.17) is 16.3 Å². The summed E-state index contributed by atoms with van der Waals surface area (Å²) in [6.45, 7) is 5.05. The predicted molar refractivity (Wildman–Crippen MR) is 89.9 cm³/mol. The molecule has 0 aliphatic rings. The molecule has 0 spiro atoms. The lowest BCUT2D eigenvalue weighted by Crippen LogP contribution is -2.31. The van der Waals surface area contributed by atoms with Gasteiger partial charge in [0.1, 0.15) is 4.88 Å². The van der Waals surface area contributed by atoms with Gasteiger partial charge in [-0.25, -0.2) is 9.78 Å². The molecule has 7 heteroatoms. The van der Waals surface area contributed by atoms with Crippen LogP contribution in [0.5, 0.6) is 0 Å². The van der Waals surface area contributed by atoms with Crippen LogP contribution in [0.1, 0.15) is 38.9 Å². The van der Waals surface area contributed by atoms with Crippen LogP contribution < -0.4 is 5.32 Å². The number of rotatable bonds is 5. The summed E-state index contributed by atoms with van der Waals surface area (Å²) in [6, 6.07) is 7.00. The van der Waals surface area contributed by atoms with Crippen molar-refractivity contribution in [1.82, 2.24) is 10.3 Å². The minimum absolute atomic E-state index is 0.229. The van der Waals surface area contributed by atoms with E-state index >= 15 is 0 Å². The summed E-state index contributed by atoms with van der Waals surface area (Å²) in [7, 11) is 0. The molecule has 0 aliphatic carbocycles. The van der Waals surface area contributed by atoms with Crippen molar-refractivity contribution in [2.75, 3.05) is 6.61 Å². The standard InChI is InChI=1S/C16H17ClN2O3S/c1-9(12-5-4-6-13(17)7-12)19-14(20)8-22-16(21)15-10(2)18-11(3)23-15/h4-7,9H,8H2,1-3H3,(H,19,20). The van der Waals surface area contributed by atoms with Crippen LogP contribution in [0.15, 0.2) is 24.3 Å². The molecule has 0 saturated carbocycles. The van der Waals surface area contributed by atoms with Crippen LogP contribution in [-0.2, 0) is 9.53 Å². The lowest BCUT2D eigenvalue weighted by Gasteiger charge is -2.14. The number of thiazole rings is 1. The van der Waals surface area contributed by atoms with E-state index in [0.717, 1.165) is 10.6 Å². The largest absolute Gasteiger partial charge is 0.451 e. The molecular formula is C16H17ClN2O3S. The Morgan fingerprint density at radius 3 is 2.74 bits per heavy atom. The number of ether oxygens (including phenoxy) is 1. The number of hydrogen-bond donors (Lipinski definition) is 1. The molecule has 0 bridgehead atoms. The first-order valence-electron chi connectivity index (χ1n) is 7.03. The van der Waals surface area contributed by atoms with E-state index in [9.17, 15) is 9.59 Å². The molecule has 23 heavy (non-hydrogen) atoms. The van der Waals surface area contributed by atoms with Crippen molar-refractivity contribution < 1.29 is 14.3 Å². The second-order valence-electron chi connectivity index (χ2n) is 5.07. The summed E-state index contributed by atoms with van der Waals surface area (Å²) < 4.78 is 5.04. The number of nitrogens with zero attached hydrogens (tertiary/aromatic N) is 1. The van der Waals surface area contributed by atoms with E-state index in [1.54, 1.807) is 19.1 Å². The normalized spacial score (nSPS) is 11.8. The summed E-state index contributed by atoms with van der Waals surface area (Å²) in [6.07, 6.45) is 0. The third-order valence-corrected chi connectivity index (χ3v) is 4.44. The first kappa shape index (κ1) is 17.4. The first-order chi connectivity index (χ1) is 10.9. The smallest absolute Gasteiger partial charge is 0.350 e. The van der Waals surface area contributed by atoms with Crippen LogP contribution in [0.3, 0.4) is 0 Å². The van der Waals surface area contributed by atoms with E-state index in [1.807, 2.05) is 26.0 Å². The molecule has 1 amide bonds. The maximum Gasteiger partial charge on any atom is 0.350 e.